The first-order valence-electron chi connectivity index (χ1n) is 8.03. The van der Waals surface area contributed by atoms with E-state index < -0.39 is 0 Å². The summed E-state index contributed by atoms with van der Waals surface area (Å²) in [6, 6.07) is 12.6. The van der Waals surface area contributed by atoms with Gasteiger partial charge in [0, 0.05) is 29.7 Å². The monoisotopic (exact) mass is 345 g/mol. The van der Waals surface area contributed by atoms with Crippen molar-refractivity contribution in [2.75, 3.05) is 5.32 Å². The Morgan fingerprint density at radius 1 is 1.00 bits per heavy atom. The van der Waals surface area contributed by atoms with E-state index in [1.807, 2.05) is 30.3 Å². The van der Waals surface area contributed by atoms with Gasteiger partial charge in [0.1, 0.15) is 5.69 Å². The third kappa shape index (κ3) is 3.36. The van der Waals surface area contributed by atoms with Crippen molar-refractivity contribution in [3.63, 3.8) is 0 Å². The number of nitrogens with one attached hydrogen (secondary N) is 2. The molecular formula is C19H15N5O2. The maximum Gasteiger partial charge on any atom is 0.319 e. The van der Waals surface area contributed by atoms with E-state index in [1.54, 1.807) is 37.0 Å². The molecule has 0 fully saturated rings. The van der Waals surface area contributed by atoms with Crippen LogP contribution in [0.5, 0.6) is 0 Å². The van der Waals surface area contributed by atoms with Gasteiger partial charge in [0.2, 0.25) is 0 Å². The lowest BCUT2D eigenvalue weighted by Crippen LogP contribution is -2.28. The summed E-state index contributed by atoms with van der Waals surface area (Å²) < 4.78 is 5.37. The first-order valence-corrected chi connectivity index (χ1v) is 8.03. The second-order valence-electron chi connectivity index (χ2n) is 5.55. The second kappa shape index (κ2) is 7.02. The molecule has 2 amide bonds. The number of hydrogen-bond acceptors (Lipinski definition) is 5. The number of carbonyl (C=O) groups is 1. The summed E-state index contributed by atoms with van der Waals surface area (Å²) in [7, 11) is 0. The van der Waals surface area contributed by atoms with E-state index in [2.05, 4.69) is 25.6 Å². The van der Waals surface area contributed by atoms with E-state index >= 15 is 0 Å². The van der Waals surface area contributed by atoms with E-state index in [1.165, 1.54) is 0 Å². The molecule has 0 aliphatic rings. The predicted molar refractivity (Wildman–Crippen MR) is 97.3 cm³/mol. The first kappa shape index (κ1) is 15.8. The highest BCUT2D eigenvalue weighted by molar-refractivity contribution is 5.92. The topological polar surface area (TPSA) is 92.9 Å². The summed E-state index contributed by atoms with van der Waals surface area (Å²) in [5, 5.41) is 6.55. The minimum Gasteiger partial charge on any atom is -0.463 e. The van der Waals surface area contributed by atoms with Crippen molar-refractivity contribution in [1.29, 1.82) is 0 Å². The maximum absolute atomic E-state index is 12.2. The molecule has 4 rings (SSSR count). The highest BCUT2D eigenvalue weighted by atomic mass is 16.3. The lowest BCUT2D eigenvalue weighted by molar-refractivity contribution is 0.251. The van der Waals surface area contributed by atoms with E-state index in [0.717, 1.165) is 10.9 Å². The van der Waals surface area contributed by atoms with Crippen LogP contribution in [0.1, 0.15) is 5.69 Å². The Hall–Kier alpha value is -3.74. The average molecular weight is 345 g/mol. The van der Waals surface area contributed by atoms with Crippen LogP contribution in [0.3, 0.4) is 0 Å². The van der Waals surface area contributed by atoms with Gasteiger partial charge < -0.3 is 15.1 Å². The van der Waals surface area contributed by atoms with Crippen molar-refractivity contribution in [1.82, 2.24) is 20.3 Å². The smallest absolute Gasteiger partial charge is 0.319 e. The van der Waals surface area contributed by atoms with Crippen molar-refractivity contribution < 1.29 is 9.21 Å². The molecule has 0 radical (unpaired) electrons. The fourth-order valence-electron chi connectivity index (χ4n) is 2.61. The predicted octanol–water partition coefficient (Wildman–Crippen LogP) is 3.61. The Bertz CT molecular complexity index is 1050. The van der Waals surface area contributed by atoms with Gasteiger partial charge >= 0.3 is 6.03 Å². The number of urea groups is 1. The molecule has 3 aromatic heterocycles. The van der Waals surface area contributed by atoms with Gasteiger partial charge in [-0.15, -0.1) is 0 Å². The molecule has 26 heavy (non-hydrogen) atoms. The van der Waals surface area contributed by atoms with Gasteiger partial charge in [0.25, 0.3) is 0 Å². The number of rotatable bonds is 4. The Labute approximate surface area is 149 Å². The highest BCUT2D eigenvalue weighted by Crippen LogP contribution is 2.20. The third-order valence-corrected chi connectivity index (χ3v) is 3.81. The van der Waals surface area contributed by atoms with Crippen molar-refractivity contribution >= 4 is 22.6 Å². The first-order chi connectivity index (χ1) is 12.8. The number of fused-ring (bicyclic) bond motifs is 1. The summed E-state index contributed by atoms with van der Waals surface area (Å²) in [5.74, 6) is 0.609. The number of hydrogen-bond donors (Lipinski definition) is 2. The van der Waals surface area contributed by atoms with Gasteiger partial charge in [-0.05, 0) is 36.4 Å². The number of anilines is 1. The van der Waals surface area contributed by atoms with Crippen molar-refractivity contribution in [3.8, 4) is 11.5 Å². The molecule has 0 aliphatic heterocycles. The molecule has 0 saturated heterocycles. The van der Waals surface area contributed by atoms with Crippen LogP contribution in [0.4, 0.5) is 10.5 Å². The number of carbonyl (C=O) groups excluding carboxylic acids is 1. The molecule has 128 valence electrons. The quantitative estimate of drug-likeness (QED) is 0.589. The molecule has 0 aliphatic carbocycles. The number of pyridine rings is 1. The summed E-state index contributed by atoms with van der Waals surface area (Å²) in [5.41, 5.74) is 2.80. The van der Waals surface area contributed by atoms with Gasteiger partial charge in [0.05, 0.1) is 24.0 Å². The number of furan rings is 1. The largest absolute Gasteiger partial charge is 0.463 e. The molecule has 7 nitrogen and oxygen atoms in total. The summed E-state index contributed by atoms with van der Waals surface area (Å²) in [4.78, 5) is 25.0. The second-order valence-corrected chi connectivity index (χ2v) is 5.55. The van der Waals surface area contributed by atoms with Crippen LogP contribution < -0.4 is 10.6 Å². The molecule has 0 spiro atoms. The van der Waals surface area contributed by atoms with Crippen LogP contribution in [0.15, 0.2) is 71.7 Å². The number of nitrogens with zero attached hydrogens (tertiary/aromatic N) is 3. The Kier molecular flexibility index (Phi) is 4.26. The zero-order chi connectivity index (χ0) is 17.8. The van der Waals surface area contributed by atoms with Crippen molar-refractivity contribution in [2.45, 2.75) is 6.54 Å². The summed E-state index contributed by atoms with van der Waals surface area (Å²) in [6.07, 6.45) is 6.48. The molecule has 2 N–H and O–H groups in total. The molecular weight excluding hydrogens is 330 g/mol. The van der Waals surface area contributed by atoms with Gasteiger partial charge in [0.15, 0.2) is 5.76 Å². The molecule has 4 aromatic rings. The molecule has 0 saturated carbocycles. The highest BCUT2D eigenvalue weighted by Gasteiger charge is 2.11. The Morgan fingerprint density at radius 2 is 1.92 bits per heavy atom. The maximum atomic E-state index is 12.2. The molecule has 0 unspecified atom stereocenters. The van der Waals surface area contributed by atoms with Crippen molar-refractivity contribution in [3.05, 3.63) is 73.0 Å². The van der Waals surface area contributed by atoms with Crippen molar-refractivity contribution in [2.24, 2.45) is 0 Å². The van der Waals surface area contributed by atoms with Gasteiger partial charge in [-0.25, -0.2) is 9.78 Å². The Morgan fingerprint density at radius 3 is 2.81 bits per heavy atom. The fraction of sp³-hybridized carbons (Fsp3) is 0.0526. The average Bonchev–Trinajstić information content (AvgIpc) is 3.21. The van der Waals surface area contributed by atoms with Gasteiger partial charge in [-0.2, -0.15) is 0 Å². The van der Waals surface area contributed by atoms with Crippen LogP contribution in [0.25, 0.3) is 22.4 Å². The van der Waals surface area contributed by atoms with E-state index in [4.69, 9.17) is 4.42 Å². The van der Waals surface area contributed by atoms with Crippen LogP contribution in [-0.2, 0) is 6.54 Å². The van der Waals surface area contributed by atoms with Crippen LogP contribution >= 0.6 is 0 Å². The van der Waals surface area contributed by atoms with Gasteiger partial charge in [-0.3, -0.25) is 9.97 Å². The summed E-state index contributed by atoms with van der Waals surface area (Å²) in [6.45, 7) is 0.227. The minimum absolute atomic E-state index is 0.227. The normalized spacial score (nSPS) is 10.6. The third-order valence-electron chi connectivity index (χ3n) is 3.81. The summed E-state index contributed by atoms with van der Waals surface area (Å²) >= 11 is 0. The SMILES string of the molecule is O=C(NCc1nccnc1-c1ccco1)Nc1ccc2ncccc2c1. The lowest BCUT2D eigenvalue weighted by Gasteiger charge is -2.09. The fourth-order valence-corrected chi connectivity index (χ4v) is 2.61. The van der Waals surface area contributed by atoms with Crippen LogP contribution in [0, 0.1) is 0 Å². The van der Waals surface area contributed by atoms with Crippen LogP contribution in [-0.4, -0.2) is 21.0 Å². The number of benzene rings is 1. The van der Waals surface area contributed by atoms with E-state index in [-0.39, 0.29) is 12.6 Å². The molecule has 0 bridgehead atoms. The molecule has 7 heteroatoms. The lowest BCUT2D eigenvalue weighted by atomic mass is 10.2. The Balaban J connectivity index is 1.44. The minimum atomic E-state index is -0.329. The molecule has 3 heterocycles. The zero-order valence-corrected chi connectivity index (χ0v) is 13.7. The number of amides is 2. The van der Waals surface area contributed by atoms with Crippen LogP contribution in [0.2, 0.25) is 0 Å². The number of aromatic nitrogens is 3. The standard InChI is InChI=1S/C19H15N5O2/c25-19(24-14-5-6-15-13(11-14)3-1-7-20-15)23-12-16-18(22-9-8-21-16)17-4-2-10-26-17/h1-11H,12H2,(H2,23,24,25). The zero-order valence-electron chi connectivity index (χ0n) is 13.7. The van der Waals surface area contributed by atoms with Gasteiger partial charge in [-0.1, -0.05) is 6.07 Å². The molecule has 1 aromatic carbocycles. The molecule has 0 atom stereocenters. The van der Waals surface area contributed by atoms with E-state index in [9.17, 15) is 4.79 Å². The van der Waals surface area contributed by atoms with E-state index in [0.29, 0.717) is 22.8 Å².